The normalized spacial score (nSPS) is 22.7. The van der Waals surface area contributed by atoms with Gasteiger partial charge in [0.2, 0.25) is 5.91 Å². The van der Waals surface area contributed by atoms with Gasteiger partial charge in [-0.1, -0.05) is 42.5 Å². The number of para-hydroxylation sites is 2. The lowest BCUT2D eigenvalue weighted by Gasteiger charge is -2.29. The van der Waals surface area contributed by atoms with Crippen molar-refractivity contribution >= 4 is 35.1 Å². The Bertz CT molecular complexity index is 1030. The first-order valence-electron chi connectivity index (χ1n) is 9.94. The maximum absolute atomic E-state index is 13.6. The first-order chi connectivity index (χ1) is 14.9. The Morgan fingerprint density at radius 3 is 2.48 bits per heavy atom. The zero-order valence-corrected chi connectivity index (χ0v) is 16.6. The van der Waals surface area contributed by atoms with Crippen LogP contribution >= 0.6 is 0 Å². The van der Waals surface area contributed by atoms with E-state index in [9.17, 15) is 19.2 Å². The van der Waals surface area contributed by atoms with E-state index < -0.39 is 41.9 Å². The first-order valence-corrected chi connectivity index (χ1v) is 9.94. The Morgan fingerprint density at radius 1 is 1.10 bits per heavy atom. The van der Waals surface area contributed by atoms with Gasteiger partial charge in [0.1, 0.15) is 12.6 Å². The molecule has 0 radical (unpaired) electrons. The highest BCUT2D eigenvalue weighted by molar-refractivity contribution is 6.07. The minimum absolute atomic E-state index is 0.149. The summed E-state index contributed by atoms with van der Waals surface area (Å²) in [4.78, 5) is 50.8. The second-order valence-corrected chi connectivity index (χ2v) is 7.44. The van der Waals surface area contributed by atoms with E-state index in [1.54, 1.807) is 24.3 Å². The molecule has 1 fully saturated rings. The van der Waals surface area contributed by atoms with Crippen LogP contribution in [-0.2, 0) is 23.9 Å². The smallest absolute Gasteiger partial charge is 0.306 e. The van der Waals surface area contributed by atoms with Gasteiger partial charge in [0.25, 0.3) is 11.8 Å². The Hall–Kier alpha value is -3.88. The van der Waals surface area contributed by atoms with E-state index in [-0.39, 0.29) is 19.4 Å². The number of hydrogen-bond acceptors (Lipinski definition) is 6. The maximum Gasteiger partial charge on any atom is 0.306 e. The fraction of sp³-hybridized carbons (Fsp3) is 0.273. The molecule has 2 aliphatic rings. The predicted molar refractivity (Wildman–Crippen MR) is 112 cm³/mol. The summed E-state index contributed by atoms with van der Waals surface area (Å²) in [6, 6.07) is 14.5. The number of nitrogens with zero attached hydrogens (tertiary/aromatic N) is 1. The monoisotopic (exact) mass is 422 g/mol. The molecule has 2 heterocycles. The number of primary amides is 1. The molecule has 31 heavy (non-hydrogen) atoms. The lowest BCUT2D eigenvalue weighted by molar-refractivity contribution is -0.148. The van der Waals surface area contributed by atoms with E-state index in [2.05, 4.69) is 10.6 Å². The van der Waals surface area contributed by atoms with E-state index in [4.69, 9.17) is 10.5 Å². The number of carbonyl (C=O) groups excluding carboxylic acids is 4. The van der Waals surface area contributed by atoms with Gasteiger partial charge in [0.05, 0.1) is 17.4 Å². The number of amides is 3. The largest absolute Gasteiger partial charge is 0.452 e. The van der Waals surface area contributed by atoms with Crippen LogP contribution in [0.25, 0.3) is 0 Å². The van der Waals surface area contributed by atoms with Crippen LogP contribution in [-0.4, -0.2) is 42.4 Å². The molecule has 160 valence electrons. The number of anilines is 2. The maximum atomic E-state index is 13.6. The van der Waals surface area contributed by atoms with Crippen molar-refractivity contribution in [1.29, 1.82) is 0 Å². The van der Waals surface area contributed by atoms with Crippen molar-refractivity contribution in [2.45, 2.75) is 31.0 Å². The van der Waals surface area contributed by atoms with Crippen LogP contribution in [0, 0.1) is 0 Å². The molecule has 4 rings (SSSR count). The molecular formula is C22H22N4O5. The van der Waals surface area contributed by atoms with Crippen LogP contribution in [0.2, 0.25) is 0 Å². The zero-order valence-electron chi connectivity index (χ0n) is 16.6. The van der Waals surface area contributed by atoms with Gasteiger partial charge in [-0.05, 0) is 17.7 Å². The molecule has 0 spiro atoms. The lowest BCUT2D eigenvalue weighted by Crippen LogP contribution is -2.55. The highest BCUT2D eigenvalue weighted by Crippen LogP contribution is 2.35. The number of benzene rings is 2. The Morgan fingerprint density at radius 2 is 1.81 bits per heavy atom. The first kappa shape index (κ1) is 20.4. The summed E-state index contributed by atoms with van der Waals surface area (Å²) in [5, 5.41) is 6.06. The van der Waals surface area contributed by atoms with Gasteiger partial charge in [-0.2, -0.15) is 0 Å². The fourth-order valence-electron chi connectivity index (χ4n) is 3.87. The zero-order chi connectivity index (χ0) is 22.0. The van der Waals surface area contributed by atoms with Crippen LogP contribution < -0.4 is 21.3 Å². The number of nitrogens with one attached hydrogen (secondary N) is 2. The summed E-state index contributed by atoms with van der Waals surface area (Å²) >= 11 is 0. The third-order valence-electron chi connectivity index (χ3n) is 5.32. The van der Waals surface area contributed by atoms with E-state index in [1.807, 2.05) is 30.3 Å². The number of cyclic esters (lactones) is 1. The van der Waals surface area contributed by atoms with Crippen molar-refractivity contribution in [1.82, 2.24) is 5.32 Å². The minimum atomic E-state index is -1.07. The highest BCUT2D eigenvalue weighted by Gasteiger charge is 2.41. The van der Waals surface area contributed by atoms with Gasteiger partial charge < -0.3 is 21.1 Å². The summed E-state index contributed by atoms with van der Waals surface area (Å²) in [5.74, 6) is -2.19. The molecule has 9 heteroatoms. The molecule has 3 amide bonds. The second-order valence-electron chi connectivity index (χ2n) is 7.44. The summed E-state index contributed by atoms with van der Waals surface area (Å²) < 4.78 is 5.05. The average molecular weight is 422 g/mol. The van der Waals surface area contributed by atoms with Crippen LogP contribution in [0.3, 0.4) is 0 Å². The summed E-state index contributed by atoms with van der Waals surface area (Å²) in [5.41, 5.74) is 7.27. The van der Waals surface area contributed by atoms with Gasteiger partial charge >= 0.3 is 5.97 Å². The highest BCUT2D eigenvalue weighted by atomic mass is 16.6. The molecule has 2 aromatic rings. The average Bonchev–Trinajstić information content (AvgIpc) is 3.17. The molecular weight excluding hydrogens is 400 g/mol. The number of carbonyl (C=O) groups is 4. The number of nitrogens with two attached hydrogens (primary N) is 1. The second kappa shape index (κ2) is 8.47. The molecule has 0 bridgehead atoms. The summed E-state index contributed by atoms with van der Waals surface area (Å²) in [6.45, 7) is -0.343. The van der Waals surface area contributed by atoms with Crippen molar-refractivity contribution in [3.8, 4) is 0 Å². The molecule has 9 nitrogen and oxygen atoms in total. The van der Waals surface area contributed by atoms with Crippen molar-refractivity contribution in [3.63, 3.8) is 0 Å². The van der Waals surface area contributed by atoms with Gasteiger partial charge in [-0.25, -0.2) is 0 Å². The number of rotatable bonds is 5. The number of fused-ring (bicyclic) bond motifs is 1. The standard InChI is InChI=1S/C22H22N4O5/c23-17(27)12-26-15-9-5-4-8-14(15)24-19(13-6-2-1-3-7-13)20(22(26)30)25-21(29)16-10-11-18(28)31-16/h1-9,16,19-20,24H,10-12H2,(H2,23,27)(H,25,29)/t16-,19?,20?/m0/s1. The molecule has 2 unspecified atom stereocenters. The fourth-order valence-corrected chi connectivity index (χ4v) is 3.87. The van der Waals surface area contributed by atoms with Gasteiger partial charge in [0, 0.05) is 12.8 Å². The van der Waals surface area contributed by atoms with Gasteiger partial charge in [-0.3, -0.25) is 24.1 Å². The van der Waals surface area contributed by atoms with Crippen molar-refractivity contribution in [3.05, 3.63) is 60.2 Å². The lowest BCUT2D eigenvalue weighted by atomic mass is 9.98. The Labute approximate surface area is 178 Å². The van der Waals surface area contributed by atoms with Crippen LogP contribution in [0.4, 0.5) is 11.4 Å². The SMILES string of the molecule is NC(=O)CN1C(=O)C(NC(=O)[C@@H]2CCC(=O)O2)C(c2ccccc2)Nc2ccccc21. The minimum Gasteiger partial charge on any atom is -0.452 e. The van der Waals surface area contributed by atoms with Crippen molar-refractivity contribution in [2.75, 3.05) is 16.8 Å². The van der Waals surface area contributed by atoms with Gasteiger partial charge in [0.15, 0.2) is 6.10 Å². The van der Waals surface area contributed by atoms with E-state index in [0.29, 0.717) is 11.4 Å². The molecule has 1 saturated heterocycles. The van der Waals surface area contributed by atoms with Gasteiger partial charge in [-0.15, -0.1) is 0 Å². The predicted octanol–water partition coefficient (Wildman–Crippen LogP) is 0.862. The van der Waals surface area contributed by atoms with Crippen LogP contribution in [0.1, 0.15) is 24.4 Å². The number of hydrogen-bond donors (Lipinski definition) is 3. The van der Waals surface area contributed by atoms with Crippen LogP contribution in [0.5, 0.6) is 0 Å². The number of esters is 1. The van der Waals surface area contributed by atoms with Crippen molar-refractivity contribution < 1.29 is 23.9 Å². The summed E-state index contributed by atoms with van der Waals surface area (Å²) in [7, 11) is 0. The van der Waals surface area contributed by atoms with Crippen LogP contribution in [0.15, 0.2) is 54.6 Å². The molecule has 2 aromatic carbocycles. The molecule has 3 atom stereocenters. The number of ether oxygens (including phenoxy) is 1. The van der Waals surface area contributed by atoms with Crippen molar-refractivity contribution in [2.24, 2.45) is 5.73 Å². The molecule has 0 aliphatic carbocycles. The molecule has 0 aromatic heterocycles. The third-order valence-corrected chi connectivity index (χ3v) is 5.32. The van der Waals surface area contributed by atoms with E-state index >= 15 is 0 Å². The summed E-state index contributed by atoms with van der Waals surface area (Å²) in [6.07, 6.45) is -0.553. The van der Waals surface area contributed by atoms with E-state index in [0.717, 1.165) is 5.56 Å². The Kier molecular flexibility index (Phi) is 5.57. The third kappa shape index (κ3) is 4.20. The molecule has 0 saturated carbocycles. The quantitative estimate of drug-likeness (QED) is 0.613. The molecule has 4 N–H and O–H groups in total. The Balaban J connectivity index is 1.74. The topological polar surface area (TPSA) is 131 Å². The molecule has 2 aliphatic heterocycles. The van der Waals surface area contributed by atoms with E-state index in [1.165, 1.54) is 4.90 Å².